The first-order valence-electron chi connectivity index (χ1n) is 6.96. The molecule has 2 aromatic heterocycles. The van der Waals surface area contributed by atoms with E-state index in [0.29, 0.717) is 17.1 Å². The van der Waals surface area contributed by atoms with Gasteiger partial charge in [0.05, 0.1) is 30.0 Å². The summed E-state index contributed by atoms with van der Waals surface area (Å²) in [5.74, 6) is -1.06. The van der Waals surface area contributed by atoms with Crippen LogP contribution in [0.15, 0.2) is 29.3 Å². The summed E-state index contributed by atoms with van der Waals surface area (Å²) < 4.78 is 26.9. The highest BCUT2D eigenvalue weighted by atomic mass is 32.2. The van der Waals surface area contributed by atoms with E-state index in [1.54, 1.807) is 38.2 Å². The molecule has 0 atom stereocenters. The van der Waals surface area contributed by atoms with Gasteiger partial charge in [-0.3, -0.25) is 14.9 Å². The smallest absolute Gasteiger partial charge is 0.304 e. The van der Waals surface area contributed by atoms with Gasteiger partial charge in [0.1, 0.15) is 4.90 Å². The Morgan fingerprint density at radius 1 is 1.35 bits per heavy atom. The normalized spacial score (nSPS) is 11.8. The number of aliphatic carboxylic acids is 1. The van der Waals surface area contributed by atoms with E-state index in [1.165, 1.54) is 0 Å². The van der Waals surface area contributed by atoms with Crippen molar-refractivity contribution in [1.82, 2.24) is 19.5 Å². The van der Waals surface area contributed by atoms with Crippen LogP contribution in [-0.4, -0.2) is 45.5 Å². The highest BCUT2D eigenvalue weighted by molar-refractivity contribution is 7.89. The number of carboxylic acid groups (broad SMARTS) is 1. The van der Waals surface area contributed by atoms with E-state index in [-0.39, 0.29) is 24.4 Å². The van der Waals surface area contributed by atoms with E-state index in [2.05, 4.69) is 15.2 Å². The van der Waals surface area contributed by atoms with Crippen molar-refractivity contribution < 1.29 is 18.3 Å². The molecule has 9 heteroatoms. The summed E-state index contributed by atoms with van der Waals surface area (Å²) in [6.45, 7) is 3.06. The van der Waals surface area contributed by atoms with E-state index in [9.17, 15) is 13.2 Å². The Labute approximate surface area is 134 Å². The molecule has 0 aromatic carbocycles. The molecule has 0 fully saturated rings. The minimum Gasteiger partial charge on any atom is -0.481 e. The number of aryl methyl sites for hydroxylation is 2. The van der Waals surface area contributed by atoms with Crippen LogP contribution in [0.1, 0.15) is 23.5 Å². The Morgan fingerprint density at radius 3 is 2.61 bits per heavy atom. The van der Waals surface area contributed by atoms with E-state index < -0.39 is 16.0 Å². The van der Waals surface area contributed by atoms with Gasteiger partial charge in [0.15, 0.2) is 0 Å². The average Bonchev–Trinajstić information content (AvgIpc) is 2.83. The van der Waals surface area contributed by atoms with Gasteiger partial charge in [0.25, 0.3) is 0 Å². The lowest BCUT2D eigenvalue weighted by Crippen LogP contribution is -2.33. The number of carbonyl (C=O) groups is 1. The topological polar surface area (TPSA) is 116 Å². The van der Waals surface area contributed by atoms with Crippen molar-refractivity contribution in [2.45, 2.75) is 31.7 Å². The van der Waals surface area contributed by atoms with Gasteiger partial charge < -0.3 is 5.11 Å². The molecule has 2 rings (SSSR count). The van der Waals surface area contributed by atoms with Crippen LogP contribution in [0.5, 0.6) is 0 Å². The van der Waals surface area contributed by atoms with Crippen LogP contribution in [0.3, 0.4) is 0 Å². The number of hydrogen-bond acceptors (Lipinski definition) is 5. The summed E-state index contributed by atoms with van der Waals surface area (Å²) in [4.78, 5) is 15.0. The molecule has 0 saturated carbocycles. The highest BCUT2D eigenvalue weighted by Crippen LogP contribution is 2.23. The lowest BCUT2D eigenvalue weighted by atomic mass is 10.3. The number of sulfonamides is 1. The molecule has 23 heavy (non-hydrogen) atoms. The highest BCUT2D eigenvalue weighted by Gasteiger charge is 2.30. The maximum atomic E-state index is 12.9. The second-order valence-electron chi connectivity index (χ2n) is 5.07. The number of H-pyrrole nitrogens is 1. The predicted octanol–water partition coefficient (Wildman–Crippen LogP) is 1.09. The van der Waals surface area contributed by atoms with Gasteiger partial charge in [-0.05, 0) is 26.0 Å². The van der Waals surface area contributed by atoms with E-state index in [0.717, 1.165) is 4.31 Å². The number of carboxylic acids is 1. The van der Waals surface area contributed by atoms with Crippen LogP contribution in [-0.2, 0) is 21.4 Å². The second kappa shape index (κ2) is 6.88. The average molecular weight is 338 g/mol. The molecule has 2 aromatic rings. The van der Waals surface area contributed by atoms with Crippen molar-refractivity contribution in [2.24, 2.45) is 0 Å². The van der Waals surface area contributed by atoms with Crippen LogP contribution in [0.4, 0.5) is 0 Å². The lowest BCUT2D eigenvalue weighted by Gasteiger charge is -2.21. The van der Waals surface area contributed by atoms with Gasteiger partial charge >= 0.3 is 5.97 Å². The molecule has 0 amide bonds. The zero-order valence-corrected chi connectivity index (χ0v) is 13.7. The SMILES string of the molecule is Cc1n[nH]c(C)c1S(=O)(=O)N(CCC(=O)O)Cc1ccccn1. The summed E-state index contributed by atoms with van der Waals surface area (Å²) in [6.07, 6.45) is 1.27. The Hall–Kier alpha value is -2.26. The molecule has 2 N–H and O–H groups in total. The van der Waals surface area contributed by atoms with Crippen molar-refractivity contribution >= 4 is 16.0 Å². The van der Waals surface area contributed by atoms with Crippen molar-refractivity contribution in [1.29, 1.82) is 0 Å². The van der Waals surface area contributed by atoms with Crippen molar-refractivity contribution in [3.05, 3.63) is 41.5 Å². The minimum atomic E-state index is -3.88. The zero-order valence-electron chi connectivity index (χ0n) is 12.9. The Kier molecular flexibility index (Phi) is 5.12. The third-order valence-electron chi connectivity index (χ3n) is 3.30. The van der Waals surface area contributed by atoms with E-state index >= 15 is 0 Å². The maximum Gasteiger partial charge on any atom is 0.304 e. The van der Waals surface area contributed by atoms with Gasteiger partial charge in [-0.25, -0.2) is 8.42 Å². The lowest BCUT2D eigenvalue weighted by molar-refractivity contribution is -0.137. The zero-order chi connectivity index (χ0) is 17.0. The predicted molar refractivity (Wildman–Crippen MR) is 82.1 cm³/mol. The molecular weight excluding hydrogens is 320 g/mol. The third-order valence-corrected chi connectivity index (χ3v) is 5.41. The number of aromatic nitrogens is 3. The van der Waals surface area contributed by atoms with Crippen LogP contribution in [0.25, 0.3) is 0 Å². The summed E-state index contributed by atoms with van der Waals surface area (Å²) >= 11 is 0. The monoisotopic (exact) mass is 338 g/mol. The van der Waals surface area contributed by atoms with Gasteiger partial charge in [0, 0.05) is 12.7 Å². The Morgan fingerprint density at radius 2 is 2.09 bits per heavy atom. The molecule has 124 valence electrons. The summed E-state index contributed by atoms with van der Waals surface area (Å²) in [5.41, 5.74) is 1.31. The molecule has 2 heterocycles. The first kappa shape index (κ1) is 17.1. The number of nitrogens with one attached hydrogen (secondary N) is 1. The maximum absolute atomic E-state index is 12.9. The molecule has 0 radical (unpaired) electrons. The summed E-state index contributed by atoms with van der Waals surface area (Å²) in [5, 5.41) is 15.4. The third kappa shape index (κ3) is 3.93. The standard InChI is InChI=1S/C14H18N4O4S/c1-10-14(11(2)17-16-10)23(21,22)18(8-6-13(19)20)9-12-5-3-4-7-15-12/h3-5,7H,6,8-9H2,1-2H3,(H,16,17)(H,19,20). The summed E-state index contributed by atoms with van der Waals surface area (Å²) in [7, 11) is -3.88. The molecular formula is C14H18N4O4S. The van der Waals surface area contributed by atoms with Gasteiger partial charge in [-0.1, -0.05) is 6.07 Å². The van der Waals surface area contributed by atoms with Gasteiger partial charge in [-0.2, -0.15) is 9.40 Å². The molecule has 0 spiro atoms. The summed E-state index contributed by atoms with van der Waals surface area (Å²) in [6, 6.07) is 5.17. The molecule has 0 aliphatic rings. The fraction of sp³-hybridized carbons (Fsp3) is 0.357. The fourth-order valence-electron chi connectivity index (χ4n) is 2.23. The van der Waals surface area contributed by atoms with Crippen LogP contribution in [0.2, 0.25) is 0 Å². The molecule has 0 unspecified atom stereocenters. The first-order valence-corrected chi connectivity index (χ1v) is 8.40. The number of nitrogens with zero attached hydrogens (tertiary/aromatic N) is 3. The van der Waals surface area contributed by atoms with Crippen LogP contribution >= 0.6 is 0 Å². The van der Waals surface area contributed by atoms with Crippen LogP contribution < -0.4 is 0 Å². The number of pyridine rings is 1. The molecule has 8 nitrogen and oxygen atoms in total. The second-order valence-corrected chi connectivity index (χ2v) is 6.94. The first-order chi connectivity index (χ1) is 10.8. The van der Waals surface area contributed by atoms with Crippen molar-refractivity contribution in [2.75, 3.05) is 6.54 Å². The van der Waals surface area contributed by atoms with E-state index in [1.807, 2.05) is 0 Å². The van der Waals surface area contributed by atoms with Gasteiger partial charge in [-0.15, -0.1) is 0 Å². The number of hydrogen-bond donors (Lipinski definition) is 2. The van der Waals surface area contributed by atoms with Crippen molar-refractivity contribution in [3.8, 4) is 0 Å². The fourth-order valence-corrected chi connectivity index (χ4v) is 3.97. The molecule has 0 aliphatic heterocycles. The largest absolute Gasteiger partial charge is 0.481 e. The number of rotatable bonds is 7. The Bertz CT molecular complexity index is 767. The van der Waals surface area contributed by atoms with Gasteiger partial charge in [0.2, 0.25) is 10.0 Å². The molecule has 0 bridgehead atoms. The minimum absolute atomic E-state index is 0.000509. The quantitative estimate of drug-likeness (QED) is 0.780. The van der Waals surface area contributed by atoms with Crippen molar-refractivity contribution in [3.63, 3.8) is 0 Å². The molecule has 0 saturated heterocycles. The molecule has 0 aliphatic carbocycles. The van der Waals surface area contributed by atoms with E-state index in [4.69, 9.17) is 5.11 Å². The number of aromatic amines is 1. The Balaban J connectivity index is 2.37. The van der Waals surface area contributed by atoms with Crippen LogP contribution in [0, 0.1) is 13.8 Å².